The first-order chi connectivity index (χ1) is 6.75. The Kier molecular flexibility index (Phi) is 3.60. The summed E-state index contributed by atoms with van der Waals surface area (Å²) in [5.74, 6) is 0. The highest BCUT2D eigenvalue weighted by molar-refractivity contribution is 9.10. The fourth-order valence-corrected chi connectivity index (χ4v) is 1.75. The SMILES string of the molecule is FC(F)c1ccc(C(F)(F)F)c(Cl)c1Br. The molecule has 7 heteroatoms. The molecule has 0 fully saturated rings. The van der Waals surface area contributed by atoms with Gasteiger partial charge in [-0.2, -0.15) is 13.2 Å². The zero-order valence-electron chi connectivity index (χ0n) is 6.88. The van der Waals surface area contributed by atoms with Crippen LogP contribution >= 0.6 is 27.5 Å². The summed E-state index contributed by atoms with van der Waals surface area (Å²) in [6.45, 7) is 0. The van der Waals surface area contributed by atoms with Crippen LogP contribution in [0.2, 0.25) is 5.02 Å². The summed E-state index contributed by atoms with van der Waals surface area (Å²) < 4.78 is 60.9. The highest BCUT2D eigenvalue weighted by Gasteiger charge is 2.34. The largest absolute Gasteiger partial charge is 0.417 e. The maximum Gasteiger partial charge on any atom is 0.417 e. The average Bonchev–Trinajstić information content (AvgIpc) is 2.06. The summed E-state index contributed by atoms with van der Waals surface area (Å²) in [6, 6.07) is 1.23. The molecule has 0 heterocycles. The van der Waals surface area contributed by atoms with E-state index in [4.69, 9.17) is 11.6 Å². The predicted octanol–water partition coefficient (Wildman–Crippen LogP) is 5.06. The number of alkyl halides is 5. The van der Waals surface area contributed by atoms with Crippen molar-refractivity contribution >= 4 is 27.5 Å². The van der Waals surface area contributed by atoms with Crippen molar-refractivity contribution in [1.82, 2.24) is 0 Å². The van der Waals surface area contributed by atoms with Crippen molar-refractivity contribution in [2.45, 2.75) is 12.6 Å². The normalized spacial score (nSPS) is 12.3. The Balaban J connectivity index is 3.34. The highest BCUT2D eigenvalue weighted by Crippen LogP contribution is 2.41. The number of hydrogen-bond donors (Lipinski definition) is 0. The molecule has 0 saturated carbocycles. The topological polar surface area (TPSA) is 0 Å². The van der Waals surface area contributed by atoms with Crippen molar-refractivity contribution in [3.63, 3.8) is 0 Å². The predicted molar refractivity (Wildman–Crippen MR) is 49.1 cm³/mol. The zero-order chi connectivity index (χ0) is 11.8. The molecule has 0 atom stereocenters. The van der Waals surface area contributed by atoms with Gasteiger partial charge < -0.3 is 0 Å². The third kappa shape index (κ3) is 2.60. The van der Waals surface area contributed by atoms with Gasteiger partial charge in [0.15, 0.2) is 0 Å². The molecule has 0 amide bonds. The van der Waals surface area contributed by atoms with E-state index in [-0.39, 0.29) is 0 Å². The molecule has 0 radical (unpaired) electrons. The summed E-state index contributed by atoms with van der Waals surface area (Å²) in [4.78, 5) is 0. The van der Waals surface area contributed by atoms with Crippen LogP contribution < -0.4 is 0 Å². The van der Waals surface area contributed by atoms with Crippen LogP contribution in [-0.2, 0) is 6.18 Å². The Morgan fingerprint density at radius 3 is 2.13 bits per heavy atom. The van der Waals surface area contributed by atoms with E-state index >= 15 is 0 Å². The van der Waals surface area contributed by atoms with Crippen LogP contribution in [0.15, 0.2) is 16.6 Å². The molecule has 0 aliphatic rings. The lowest BCUT2D eigenvalue weighted by Crippen LogP contribution is -2.07. The molecule has 0 aromatic heterocycles. The fraction of sp³-hybridized carbons (Fsp3) is 0.250. The average molecular weight is 309 g/mol. The van der Waals surface area contributed by atoms with Gasteiger partial charge in [0.05, 0.1) is 10.6 Å². The van der Waals surface area contributed by atoms with Gasteiger partial charge in [-0.3, -0.25) is 0 Å². The van der Waals surface area contributed by atoms with Crippen LogP contribution in [0.1, 0.15) is 17.6 Å². The van der Waals surface area contributed by atoms with Gasteiger partial charge in [-0.1, -0.05) is 17.7 Å². The lowest BCUT2D eigenvalue weighted by Gasteiger charge is -2.12. The van der Waals surface area contributed by atoms with Gasteiger partial charge in [0.2, 0.25) is 0 Å². The Morgan fingerprint density at radius 2 is 1.73 bits per heavy atom. The van der Waals surface area contributed by atoms with E-state index in [2.05, 4.69) is 15.9 Å². The number of halogens is 7. The van der Waals surface area contributed by atoms with Crippen molar-refractivity contribution in [3.05, 3.63) is 32.8 Å². The number of hydrogen-bond acceptors (Lipinski definition) is 0. The minimum Gasteiger partial charge on any atom is -0.205 e. The van der Waals surface area contributed by atoms with Crippen LogP contribution in [-0.4, -0.2) is 0 Å². The van der Waals surface area contributed by atoms with Gasteiger partial charge in [0.1, 0.15) is 0 Å². The molecule has 0 N–H and O–H groups in total. The summed E-state index contributed by atoms with van der Waals surface area (Å²) >= 11 is 7.94. The van der Waals surface area contributed by atoms with Crippen molar-refractivity contribution < 1.29 is 22.0 Å². The molecule has 0 spiro atoms. The van der Waals surface area contributed by atoms with Crippen molar-refractivity contribution in [2.24, 2.45) is 0 Å². The van der Waals surface area contributed by atoms with Gasteiger partial charge in [0, 0.05) is 10.0 Å². The second-order valence-corrected chi connectivity index (χ2v) is 3.80. The standard InChI is InChI=1S/C8H3BrClF5/c9-5-3(7(11)12)1-2-4(6(5)10)8(13,14)15/h1-2,7H. The van der Waals surface area contributed by atoms with Crippen LogP contribution in [0.4, 0.5) is 22.0 Å². The van der Waals surface area contributed by atoms with Gasteiger partial charge in [0.25, 0.3) is 6.43 Å². The van der Waals surface area contributed by atoms with E-state index in [0.29, 0.717) is 12.1 Å². The van der Waals surface area contributed by atoms with Crippen LogP contribution in [0.5, 0.6) is 0 Å². The molecular weight excluding hydrogens is 306 g/mol. The molecule has 0 saturated heterocycles. The van der Waals surface area contributed by atoms with Crippen molar-refractivity contribution in [1.29, 1.82) is 0 Å². The van der Waals surface area contributed by atoms with E-state index in [1.807, 2.05) is 0 Å². The monoisotopic (exact) mass is 308 g/mol. The Hall–Kier alpha value is -0.360. The molecule has 0 aliphatic carbocycles. The Morgan fingerprint density at radius 1 is 1.20 bits per heavy atom. The van der Waals surface area contributed by atoms with E-state index < -0.39 is 33.2 Å². The Bertz CT molecular complexity index is 374. The Labute approximate surface area is 95.2 Å². The smallest absolute Gasteiger partial charge is 0.205 e. The van der Waals surface area contributed by atoms with E-state index in [9.17, 15) is 22.0 Å². The molecule has 0 unspecified atom stereocenters. The van der Waals surface area contributed by atoms with Gasteiger partial charge in [-0.25, -0.2) is 8.78 Å². The number of benzene rings is 1. The van der Waals surface area contributed by atoms with E-state index in [0.717, 1.165) is 0 Å². The summed E-state index contributed by atoms with van der Waals surface area (Å²) in [5, 5.41) is -0.750. The molecule has 84 valence electrons. The lowest BCUT2D eigenvalue weighted by molar-refractivity contribution is -0.137. The maximum absolute atomic E-state index is 12.3. The minimum absolute atomic E-state index is 0.422. The first kappa shape index (κ1) is 12.7. The lowest BCUT2D eigenvalue weighted by atomic mass is 10.1. The fourth-order valence-electron chi connectivity index (χ4n) is 0.952. The van der Waals surface area contributed by atoms with Crippen LogP contribution in [0, 0.1) is 0 Å². The van der Waals surface area contributed by atoms with Crippen molar-refractivity contribution in [2.75, 3.05) is 0 Å². The summed E-state index contributed by atoms with van der Waals surface area (Å²) in [6.07, 6.45) is -7.53. The molecule has 0 nitrogen and oxygen atoms in total. The third-order valence-electron chi connectivity index (χ3n) is 1.65. The maximum atomic E-state index is 12.3. The first-order valence-corrected chi connectivity index (χ1v) is 4.75. The third-order valence-corrected chi connectivity index (χ3v) is 3.13. The molecule has 1 aromatic rings. The quantitative estimate of drug-likeness (QED) is 0.636. The van der Waals surface area contributed by atoms with E-state index in [1.165, 1.54) is 0 Å². The summed E-state index contributed by atoms with van der Waals surface area (Å²) in [7, 11) is 0. The molecule has 15 heavy (non-hydrogen) atoms. The van der Waals surface area contributed by atoms with Gasteiger partial charge in [-0.15, -0.1) is 0 Å². The first-order valence-electron chi connectivity index (χ1n) is 3.58. The molecule has 1 aromatic carbocycles. The van der Waals surface area contributed by atoms with Gasteiger partial charge >= 0.3 is 6.18 Å². The highest BCUT2D eigenvalue weighted by atomic mass is 79.9. The molecule has 0 bridgehead atoms. The second kappa shape index (κ2) is 4.25. The molecule has 0 aliphatic heterocycles. The van der Waals surface area contributed by atoms with Crippen LogP contribution in [0.25, 0.3) is 0 Å². The molecule has 1 rings (SSSR count). The number of rotatable bonds is 1. The van der Waals surface area contributed by atoms with Gasteiger partial charge in [-0.05, 0) is 22.0 Å². The summed E-state index contributed by atoms with van der Waals surface area (Å²) in [5.41, 5.74) is -1.70. The zero-order valence-corrected chi connectivity index (χ0v) is 9.22. The van der Waals surface area contributed by atoms with E-state index in [1.54, 1.807) is 0 Å². The van der Waals surface area contributed by atoms with Crippen molar-refractivity contribution in [3.8, 4) is 0 Å². The molecular formula is C8H3BrClF5. The minimum atomic E-state index is -4.65. The van der Waals surface area contributed by atoms with Crippen LogP contribution in [0.3, 0.4) is 0 Å². The second-order valence-electron chi connectivity index (χ2n) is 2.63.